The summed E-state index contributed by atoms with van der Waals surface area (Å²) in [5.41, 5.74) is 2.53. The van der Waals surface area contributed by atoms with Crippen molar-refractivity contribution in [3.63, 3.8) is 0 Å². The van der Waals surface area contributed by atoms with Gasteiger partial charge in [0.1, 0.15) is 5.75 Å². The number of H-pyrrole nitrogens is 1. The number of ether oxygens (including phenoxy) is 2. The van der Waals surface area contributed by atoms with Gasteiger partial charge in [0.25, 0.3) is 0 Å². The Morgan fingerprint density at radius 3 is 2.80 bits per heavy atom. The Morgan fingerprint density at radius 1 is 1.13 bits per heavy atom. The van der Waals surface area contributed by atoms with Gasteiger partial charge in [-0.05, 0) is 29.1 Å². The number of anilines is 1. The molecule has 0 saturated heterocycles. The number of alkyl halides is 1. The number of aromatic nitrogens is 1. The van der Waals surface area contributed by atoms with Crippen LogP contribution in [0, 0.1) is 0 Å². The lowest BCUT2D eigenvalue weighted by molar-refractivity contribution is -0.133. The minimum atomic E-state index is -1.09. The molecule has 0 radical (unpaired) electrons. The van der Waals surface area contributed by atoms with Crippen LogP contribution in [-0.4, -0.2) is 34.7 Å². The fourth-order valence-electron chi connectivity index (χ4n) is 4.54. The second kappa shape index (κ2) is 6.31. The number of hydrogen-bond acceptors (Lipinski definition) is 4. The molecule has 7 heteroatoms. The first-order valence-corrected chi connectivity index (χ1v) is 10.2. The zero-order chi connectivity index (χ0) is 20.4. The Kier molecular flexibility index (Phi) is 3.67. The lowest BCUT2D eigenvalue weighted by atomic mass is 9.95. The average Bonchev–Trinajstić information content (AvgIpc) is 3.48. The van der Waals surface area contributed by atoms with Crippen molar-refractivity contribution in [2.24, 2.45) is 0 Å². The molecule has 30 heavy (non-hydrogen) atoms. The molecule has 1 aromatic heterocycles. The predicted octanol–water partition coefficient (Wildman–Crippen LogP) is 4.49. The fourth-order valence-corrected chi connectivity index (χ4v) is 4.79. The minimum absolute atomic E-state index is 0.0451. The van der Waals surface area contributed by atoms with Gasteiger partial charge in [-0.15, -0.1) is 11.6 Å². The van der Waals surface area contributed by atoms with E-state index in [-0.39, 0.29) is 17.6 Å². The number of nitrogens with one attached hydrogen (secondary N) is 1. The quantitative estimate of drug-likeness (QED) is 0.468. The molecule has 0 aliphatic carbocycles. The van der Waals surface area contributed by atoms with Crippen molar-refractivity contribution < 1.29 is 19.4 Å². The molecule has 3 heterocycles. The molecule has 6 nitrogen and oxygen atoms in total. The van der Waals surface area contributed by atoms with E-state index in [1.165, 1.54) is 0 Å². The molecule has 0 saturated carbocycles. The van der Waals surface area contributed by atoms with Crippen molar-refractivity contribution in [3.8, 4) is 17.2 Å². The van der Waals surface area contributed by atoms with Crippen LogP contribution in [0.2, 0.25) is 0 Å². The summed E-state index contributed by atoms with van der Waals surface area (Å²) in [5, 5.41) is 13.1. The first kappa shape index (κ1) is 17.5. The summed E-state index contributed by atoms with van der Waals surface area (Å²) >= 11 is 6.26. The van der Waals surface area contributed by atoms with Gasteiger partial charge in [0.2, 0.25) is 0 Å². The molecule has 2 N–H and O–H groups in total. The van der Waals surface area contributed by atoms with Crippen LogP contribution in [0.4, 0.5) is 5.69 Å². The van der Waals surface area contributed by atoms with E-state index < -0.39 is 6.29 Å². The highest BCUT2D eigenvalue weighted by Crippen LogP contribution is 2.47. The van der Waals surface area contributed by atoms with E-state index in [1.54, 1.807) is 17.0 Å². The van der Waals surface area contributed by atoms with Gasteiger partial charge in [-0.1, -0.05) is 24.3 Å². The zero-order valence-corrected chi connectivity index (χ0v) is 16.5. The van der Waals surface area contributed by atoms with Crippen molar-refractivity contribution in [2.75, 3.05) is 17.3 Å². The summed E-state index contributed by atoms with van der Waals surface area (Å²) in [5.74, 6) is 1.22. The lowest BCUT2D eigenvalue weighted by Crippen LogP contribution is -2.43. The summed E-state index contributed by atoms with van der Waals surface area (Å²) in [6.07, 6.45) is 0.732. The summed E-state index contributed by atoms with van der Waals surface area (Å²) < 4.78 is 11.8. The van der Waals surface area contributed by atoms with Crippen molar-refractivity contribution in [3.05, 3.63) is 60.3 Å². The SMILES string of the molecule is O=C(C1Oc2ccc3[nH]ccc3c2O1)N1C[C@@H](CCl)c2c1cc(O)c1ccccc21. The normalized spacial score (nSPS) is 19.6. The van der Waals surface area contributed by atoms with Crippen LogP contribution in [0.1, 0.15) is 11.5 Å². The number of nitrogens with zero attached hydrogens (tertiary/aromatic N) is 1. The Balaban J connectivity index is 1.40. The zero-order valence-electron chi connectivity index (χ0n) is 15.8. The van der Waals surface area contributed by atoms with Crippen LogP contribution in [0.5, 0.6) is 17.2 Å². The monoisotopic (exact) mass is 420 g/mol. The van der Waals surface area contributed by atoms with Crippen LogP contribution in [0.25, 0.3) is 21.7 Å². The molecule has 1 unspecified atom stereocenters. The number of aromatic hydroxyl groups is 1. The first-order chi connectivity index (χ1) is 14.7. The molecule has 1 amide bonds. The summed E-state index contributed by atoms with van der Waals surface area (Å²) in [6, 6.07) is 14.8. The van der Waals surface area contributed by atoms with Crippen molar-refractivity contribution >= 4 is 44.9 Å². The number of phenols is 1. The van der Waals surface area contributed by atoms with Crippen molar-refractivity contribution in [1.29, 1.82) is 0 Å². The van der Waals surface area contributed by atoms with E-state index >= 15 is 0 Å². The second-order valence-electron chi connectivity index (χ2n) is 7.57. The largest absolute Gasteiger partial charge is 0.507 e. The van der Waals surface area contributed by atoms with Crippen molar-refractivity contribution in [1.82, 2.24) is 4.98 Å². The maximum atomic E-state index is 13.4. The van der Waals surface area contributed by atoms with Crippen molar-refractivity contribution in [2.45, 2.75) is 12.2 Å². The number of phenolic OH excluding ortho intramolecular Hbond substituents is 1. The Morgan fingerprint density at radius 2 is 1.97 bits per heavy atom. The Hall–Kier alpha value is -3.38. The van der Waals surface area contributed by atoms with E-state index in [1.807, 2.05) is 42.6 Å². The third-order valence-corrected chi connectivity index (χ3v) is 6.28. The molecular weight excluding hydrogens is 404 g/mol. The number of amides is 1. The highest BCUT2D eigenvalue weighted by molar-refractivity contribution is 6.19. The third kappa shape index (κ3) is 2.34. The van der Waals surface area contributed by atoms with Crippen LogP contribution in [0.15, 0.2) is 54.7 Å². The number of carbonyl (C=O) groups is 1. The fraction of sp³-hybridized carbons (Fsp3) is 0.174. The number of fused-ring (bicyclic) bond motifs is 6. The van der Waals surface area contributed by atoms with Crippen LogP contribution in [0.3, 0.4) is 0 Å². The smallest absolute Gasteiger partial charge is 0.322 e. The third-order valence-electron chi connectivity index (χ3n) is 5.91. The van der Waals surface area contributed by atoms with Gasteiger partial charge < -0.3 is 24.5 Å². The topological polar surface area (TPSA) is 74.8 Å². The highest BCUT2D eigenvalue weighted by Gasteiger charge is 2.41. The molecule has 2 aliphatic heterocycles. The molecule has 3 aromatic carbocycles. The molecule has 0 spiro atoms. The molecule has 2 atom stereocenters. The van der Waals surface area contributed by atoms with E-state index in [9.17, 15) is 9.90 Å². The van der Waals surface area contributed by atoms with Gasteiger partial charge in [-0.2, -0.15) is 0 Å². The number of benzene rings is 3. The van der Waals surface area contributed by atoms with E-state index in [2.05, 4.69) is 4.98 Å². The van der Waals surface area contributed by atoms with Gasteiger partial charge in [0.15, 0.2) is 11.5 Å². The van der Waals surface area contributed by atoms with Crippen LogP contribution >= 0.6 is 11.6 Å². The van der Waals surface area contributed by atoms with Gasteiger partial charge in [-0.3, -0.25) is 4.79 Å². The molecule has 0 fully saturated rings. The molecule has 0 bridgehead atoms. The van der Waals surface area contributed by atoms with Gasteiger partial charge >= 0.3 is 12.2 Å². The highest BCUT2D eigenvalue weighted by atomic mass is 35.5. The Labute approximate surface area is 176 Å². The lowest BCUT2D eigenvalue weighted by Gasteiger charge is -2.21. The van der Waals surface area contributed by atoms with Crippen LogP contribution in [-0.2, 0) is 4.79 Å². The molecule has 150 valence electrons. The maximum Gasteiger partial charge on any atom is 0.322 e. The van der Waals surface area contributed by atoms with E-state index in [0.29, 0.717) is 29.6 Å². The van der Waals surface area contributed by atoms with Crippen LogP contribution < -0.4 is 14.4 Å². The number of hydrogen-bond donors (Lipinski definition) is 2. The number of halogens is 1. The summed E-state index contributed by atoms with van der Waals surface area (Å²) in [7, 11) is 0. The molecule has 4 aromatic rings. The van der Waals surface area contributed by atoms with Gasteiger partial charge in [0.05, 0.1) is 5.69 Å². The van der Waals surface area contributed by atoms with Gasteiger partial charge in [0, 0.05) is 46.9 Å². The van der Waals surface area contributed by atoms with E-state index in [0.717, 1.165) is 27.2 Å². The predicted molar refractivity (Wildman–Crippen MR) is 115 cm³/mol. The number of rotatable bonds is 2. The summed E-state index contributed by atoms with van der Waals surface area (Å²) in [4.78, 5) is 18.1. The standard InChI is InChI=1S/C23H17ClN2O4/c24-10-12-11-26(17-9-18(27)13-3-1-2-4-14(13)20(12)17)22(28)23-29-19-6-5-16-15(7-8-25-16)21(19)30-23/h1-9,12,23,25,27H,10-11H2/t12-,23?/m1/s1. The summed E-state index contributed by atoms with van der Waals surface area (Å²) in [6.45, 7) is 0.407. The number of aromatic amines is 1. The second-order valence-corrected chi connectivity index (χ2v) is 7.88. The average molecular weight is 421 g/mol. The molecule has 2 aliphatic rings. The molecular formula is C23H17ClN2O4. The Bertz CT molecular complexity index is 1330. The van der Waals surface area contributed by atoms with Gasteiger partial charge in [-0.25, -0.2) is 0 Å². The van der Waals surface area contributed by atoms with E-state index in [4.69, 9.17) is 21.1 Å². The maximum absolute atomic E-state index is 13.4. The minimum Gasteiger partial charge on any atom is -0.507 e. The first-order valence-electron chi connectivity index (χ1n) is 9.71. The number of carbonyl (C=O) groups excluding carboxylic acids is 1. The molecule has 6 rings (SSSR count).